The van der Waals surface area contributed by atoms with Crippen LogP contribution in [0.3, 0.4) is 0 Å². The van der Waals surface area contributed by atoms with Crippen molar-refractivity contribution in [1.29, 1.82) is 0 Å². The van der Waals surface area contributed by atoms with Crippen LogP contribution in [0.1, 0.15) is 24.0 Å². The van der Waals surface area contributed by atoms with Crippen molar-refractivity contribution in [3.05, 3.63) is 35.9 Å². The van der Waals surface area contributed by atoms with E-state index in [0.29, 0.717) is 24.7 Å². The Bertz CT molecular complexity index is 409. The Kier molecular flexibility index (Phi) is 3.71. The van der Waals surface area contributed by atoms with Gasteiger partial charge in [-0.05, 0) is 25.1 Å². The zero-order valence-corrected chi connectivity index (χ0v) is 9.06. The highest BCUT2D eigenvalue weighted by Gasteiger charge is 2.06. The Balaban J connectivity index is 1.83. The summed E-state index contributed by atoms with van der Waals surface area (Å²) in [5.74, 6) is 2.25. The molecule has 2 heterocycles. The second-order valence-electron chi connectivity index (χ2n) is 3.56. The molecule has 0 bridgehead atoms. The van der Waals surface area contributed by atoms with Crippen molar-refractivity contribution < 1.29 is 8.83 Å². The van der Waals surface area contributed by atoms with Crippen molar-refractivity contribution in [2.75, 3.05) is 6.54 Å². The van der Waals surface area contributed by atoms with Crippen LogP contribution >= 0.6 is 0 Å². The number of aryl methyl sites for hydroxylation is 3. The molecule has 2 rings (SSSR count). The van der Waals surface area contributed by atoms with Gasteiger partial charge in [-0.2, -0.15) is 0 Å². The molecule has 0 saturated heterocycles. The van der Waals surface area contributed by atoms with E-state index >= 15 is 0 Å². The second kappa shape index (κ2) is 5.46. The van der Waals surface area contributed by atoms with E-state index in [9.17, 15) is 0 Å². The lowest BCUT2D eigenvalue weighted by Gasteiger charge is -1.92. The number of rotatable bonds is 6. The quantitative estimate of drug-likeness (QED) is 0.796. The molecule has 0 amide bonds. The SMILES string of the molecule is NCCCc1nnc(CCc2ccco2)o1. The molecule has 86 valence electrons. The van der Waals surface area contributed by atoms with Gasteiger partial charge in [0.05, 0.1) is 6.26 Å². The largest absolute Gasteiger partial charge is 0.469 e. The molecule has 0 aliphatic rings. The van der Waals surface area contributed by atoms with E-state index in [1.54, 1.807) is 6.26 Å². The summed E-state index contributed by atoms with van der Waals surface area (Å²) in [7, 11) is 0. The van der Waals surface area contributed by atoms with Gasteiger partial charge in [-0.3, -0.25) is 0 Å². The molecule has 0 atom stereocenters. The first-order valence-corrected chi connectivity index (χ1v) is 5.42. The van der Waals surface area contributed by atoms with Gasteiger partial charge in [-0.25, -0.2) is 0 Å². The molecule has 0 aliphatic carbocycles. The fourth-order valence-electron chi connectivity index (χ4n) is 1.43. The maximum atomic E-state index is 5.46. The molecule has 0 aliphatic heterocycles. The van der Waals surface area contributed by atoms with Crippen molar-refractivity contribution in [3.8, 4) is 0 Å². The summed E-state index contributed by atoms with van der Waals surface area (Å²) in [6.07, 6.45) is 4.79. The lowest BCUT2D eigenvalue weighted by molar-refractivity contribution is 0.433. The normalized spacial score (nSPS) is 10.8. The molecule has 0 radical (unpaired) electrons. The van der Waals surface area contributed by atoms with E-state index in [1.165, 1.54) is 0 Å². The minimum Gasteiger partial charge on any atom is -0.469 e. The molecule has 5 heteroatoms. The van der Waals surface area contributed by atoms with Crippen molar-refractivity contribution in [2.24, 2.45) is 5.73 Å². The van der Waals surface area contributed by atoms with Gasteiger partial charge < -0.3 is 14.6 Å². The molecule has 0 saturated carbocycles. The van der Waals surface area contributed by atoms with E-state index in [-0.39, 0.29) is 0 Å². The predicted octanol–water partition coefficient (Wildman–Crippen LogP) is 1.34. The van der Waals surface area contributed by atoms with Crippen molar-refractivity contribution in [2.45, 2.75) is 25.7 Å². The van der Waals surface area contributed by atoms with Crippen molar-refractivity contribution in [1.82, 2.24) is 10.2 Å². The number of furan rings is 1. The number of nitrogens with two attached hydrogens (primary N) is 1. The molecule has 0 aromatic carbocycles. The molecule has 0 fully saturated rings. The third-order valence-electron chi connectivity index (χ3n) is 2.27. The van der Waals surface area contributed by atoms with Gasteiger partial charge in [0.15, 0.2) is 0 Å². The zero-order valence-electron chi connectivity index (χ0n) is 9.06. The summed E-state index contributed by atoms with van der Waals surface area (Å²) < 4.78 is 10.7. The minimum atomic E-state index is 0.643. The fourth-order valence-corrected chi connectivity index (χ4v) is 1.43. The van der Waals surface area contributed by atoms with E-state index in [1.807, 2.05) is 12.1 Å². The molecule has 2 aromatic heterocycles. The van der Waals surface area contributed by atoms with Gasteiger partial charge >= 0.3 is 0 Å². The first-order chi connectivity index (χ1) is 7.88. The van der Waals surface area contributed by atoms with Gasteiger partial charge in [0.1, 0.15) is 5.76 Å². The van der Waals surface area contributed by atoms with Gasteiger partial charge in [-0.1, -0.05) is 0 Å². The highest BCUT2D eigenvalue weighted by atomic mass is 16.4. The van der Waals surface area contributed by atoms with Crippen LogP contribution in [0.2, 0.25) is 0 Å². The number of aromatic nitrogens is 2. The fraction of sp³-hybridized carbons (Fsp3) is 0.455. The van der Waals surface area contributed by atoms with Crippen LogP contribution in [0.25, 0.3) is 0 Å². The van der Waals surface area contributed by atoms with Crippen LogP contribution in [-0.2, 0) is 19.3 Å². The van der Waals surface area contributed by atoms with Crippen LogP contribution in [0, 0.1) is 0 Å². The molecule has 2 aromatic rings. The minimum absolute atomic E-state index is 0.643. The average molecular weight is 221 g/mol. The summed E-state index contributed by atoms with van der Waals surface area (Å²) in [6.45, 7) is 0.643. The number of hydrogen-bond donors (Lipinski definition) is 1. The second-order valence-corrected chi connectivity index (χ2v) is 3.56. The van der Waals surface area contributed by atoms with Crippen LogP contribution in [0.4, 0.5) is 0 Å². The summed E-state index contributed by atoms with van der Waals surface area (Å²) in [6, 6.07) is 3.81. The Hall–Kier alpha value is -1.62. The zero-order chi connectivity index (χ0) is 11.2. The first-order valence-electron chi connectivity index (χ1n) is 5.42. The third kappa shape index (κ3) is 2.93. The van der Waals surface area contributed by atoms with Crippen molar-refractivity contribution in [3.63, 3.8) is 0 Å². The van der Waals surface area contributed by atoms with Gasteiger partial charge in [0.2, 0.25) is 11.8 Å². The summed E-state index contributed by atoms with van der Waals surface area (Å²) in [5, 5.41) is 7.92. The number of nitrogens with zero attached hydrogens (tertiary/aromatic N) is 2. The first kappa shape index (κ1) is 10.9. The summed E-state index contributed by atoms with van der Waals surface area (Å²) in [4.78, 5) is 0. The molecule has 2 N–H and O–H groups in total. The molecule has 5 nitrogen and oxygen atoms in total. The number of hydrogen-bond acceptors (Lipinski definition) is 5. The maximum Gasteiger partial charge on any atom is 0.217 e. The lowest BCUT2D eigenvalue weighted by atomic mass is 10.2. The van der Waals surface area contributed by atoms with Gasteiger partial charge in [-0.15, -0.1) is 10.2 Å². The van der Waals surface area contributed by atoms with Crippen LogP contribution < -0.4 is 5.73 Å². The van der Waals surface area contributed by atoms with Crippen LogP contribution in [0.5, 0.6) is 0 Å². The van der Waals surface area contributed by atoms with E-state index in [0.717, 1.165) is 25.0 Å². The smallest absolute Gasteiger partial charge is 0.217 e. The summed E-state index contributed by atoms with van der Waals surface area (Å²) >= 11 is 0. The van der Waals surface area contributed by atoms with Crippen LogP contribution in [-0.4, -0.2) is 16.7 Å². The third-order valence-corrected chi connectivity index (χ3v) is 2.27. The molecular weight excluding hydrogens is 206 g/mol. The van der Waals surface area contributed by atoms with E-state index in [4.69, 9.17) is 14.6 Å². The Morgan fingerprint density at radius 2 is 1.94 bits per heavy atom. The standard InChI is InChI=1S/C11H15N3O2/c12-7-1-4-10-13-14-11(16-10)6-5-9-3-2-8-15-9/h2-3,8H,1,4-7,12H2. The molecule has 0 spiro atoms. The Labute approximate surface area is 93.6 Å². The Morgan fingerprint density at radius 1 is 1.12 bits per heavy atom. The van der Waals surface area contributed by atoms with E-state index in [2.05, 4.69) is 10.2 Å². The monoisotopic (exact) mass is 221 g/mol. The highest BCUT2D eigenvalue weighted by Crippen LogP contribution is 2.08. The molecule has 0 unspecified atom stereocenters. The van der Waals surface area contributed by atoms with Gasteiger partial charge in [0, 0.05) is 19.3 Å². The van der Waals surface area contributed by atoms with Crippen molar-refractivity contribution >= 4 is 0 Å². The maximum absolute atomic E-state index is 5.46. The topological polar surface area (TPSA) is 78.1 Å². The Morgan fingerprint density at radius 3 is 2.62 bits per heavy atom. The molecular formula is C11H15N3O2. The highest BCUT2D eigenvalue weighted by molar-refractivity contribution is 4.99. The average Bonchev–Trinajstić information content (AvgIpc) is 2.95. The summed E-state index contributed by atoms with van der Waals surface area (Å²) in [5.41, 5.74) is 5.40. The lowest BCUT2D eigenvalue weighted by Crippen LogP contribution is -2.00. The molecule has 16 heavy (non-hydrogen) atoms. The van der Waals surface area contributed by atoms with Gasteiger partial charge in [0.25, 0.3) is 0 Å². The van der Waals surface area contributed by atoms with Crippen LogP contribution in [0.15, 0.2) is 27.2 Å². The predicted molar refractivity (Wildman–Crippen MR) is 57.8 cm³/mol. The van der Waals surface area contributed by atoms with E-state index < -0.39 is 0 Å².